The van der Waals surface area contributed by atoms with Crippen LogP contribution in [0.25, 0.3) is 22.3 Å². The number of fused-ring (bicyclic) bond motifs is 1. The van der Waals surface area contributed by atoms with Gasteiger partial charge in [-0.15, -0.1) is 0 Å². The van der Waals surface area contributed by atoms with Crippen molar-refractivity contribution in [3.63, 3.8) is 0 Å². The summed E-state index contributed by atoms with van der Waals surface area (Å²) in [6.45, 7) is 2.59. The van der Waals surface area contributed by atoms with Crippen molar-refractivity contribution in [1.82, 2.24) is 9.97 Å². The van der Waals surface area contributed by atoms with E-state index in [1.807, 2.05) is 49.4 Å². The van der Waals surface area contributed by atoms with Crippen molar-refractivity contribution in [3.05, 3.63) is 88.2 Å². The summed E-state index contributed by atoms with van der Waals surface area (Å²) in [7, 11) is 0. The first-order valence-corrected chi connectivity index (χ1v) is 9.56. The summed E-state index contributed by atoms with van der Waals surface area (Å²) in [4.78, 5) is 19.8. The number of ether oxygens (including phenoxy) is 2. The summed E-state index contributed by atoms with van der Waals surface area (Å²) in [5.74, 6) is 1.55. The molecule has 0 amide bonds. The third-order valence-electron chi connectivity index (χ3n) is 4.65. The molecule has 3 aromatic carbocycles. The summed E-state index contributed by atoms with van der Waals surface area (Å²) in [5, 5.41) is 9.79. The lowest BCUT2D eigenvalue weighted by Crippen LogP contribution is -2.09. The van der Waals surface area contributed by atoms with E-state index in [1.165, 1.54) is 0 Å². The van der Waals surface area contributed by atoms with Crippen LogP contribution >= 0.6 is 0 Å². The quantitative estimate of drug-likeness (QED) is 0.520. The lowest BCUT2D eigenvalue weighted by molar-refractivity contribution is 0.269. The van der Waals surface area contributed by atoms with E-state index in [2.05, 4.69) is 16.0 Å². The van der Waals surface area contributed by atoms with Gasteiger partial charge in [-0.3, -0.25) is 4.79 Å². The van der Waals surface area contributed by atoms with Crippen LogP contribution in [0.3, 0.4) is 0 Å². The molecule has 0 radical (unpaired) electrons. The molecule has 6 nitrogen and oxygen atoms in total. The molecule has 4 rings (SSSR count). The van der Waals surface area contributed by atoms with E-state index in [9.17, 15) is 10.1 Å². The molecule has 1 N–H and O–H groups in total. The molecular formula is C24H19N3O3. The molecule has 0 spiro atoms. The zero-order valence-corrected chi connectivity index (χ0v) is 16.4. The van der Waals surface area contributed by atoms with Gasteiger partial charge in [-0.25, -0.2) is 4.98 Å². The van der Waals surface area contributed by atoms with Crippen molar-refractivity contribution in [2.45, 2.75) is 13.5 Å². The molecule has 148 valence electrons. The Labute approximate surface area is 173 Å². The van der Waals surface area contributed by atoms with Crippen molar-refractivity contribution in [2.24, 2.45) is 0 Å². The highest BCUT2D eigenvalue weighted by Gasteiger charge is 2.12. The minimum absolute atomic E-state index is 0.193. The van der Waals surface area contributed by atoms with Crippen LogP contribution < -0.4 is 15.0 Å². The Balaban J connectivity index is 1.67. The third-order valence-corrected chi connectivity index (χ3v) is 4.65. The van der Waals surface area contributed by atoms with Gasteiger partial charge in [0.1, 0.15) is 12.4 Å². The summed E-state index contributed by atoms with van der Waals surface area (Å²) in [6, 6.07) is 22.1. The summed E-state index contributed by atoms with van der Waals surface area (Å²) < 4.78 is 11.7. The lowest BCUT2D eigenvalue weighted by atomic mass is 10.1. The predicted molar refractivity (Wildman–Crippen MR) is 114 cm³/mol. The normalized spacial score (nSPS) is 10.5. The highest BCUT2D eigenvalue weighted by atomic mass is 16.5. The molecule has 1 aromatic heterocycles. The van der Waals surface area contributed by atoms with Crippen LogP contribution in [-0.4, -0.2) is 16.6 Å². The van der Waals surface area contributed by atoms with Gasteiger partial charge in [-0.05, 0) is 43.3 Å². The van der Waals surface area contributed by atoms with Gasteiger partial charge in [-0.1, -0.05) is 30.3 Å². The monoisotopic (exact) mass is 397 g/mol. The van der Waals surface area contributed by atoms with Crippen molar-refractivity contribution < 1.29 is 9.47 Å². The molecule has 30 heavy (non-hydrogen) atoms. The van der Waals surface area contributed by atoms with E-state index < -0.39 is 0 Å². The molecule has 4 aromatic rings. The summed E-state index contributed by atoms with van der Waals surface area (Å²) in [5.41, 5.74) is 2.52. The van der Waals surface area contributed by atoms with E-state index in [0.29, 0.717) is 46.0 Å². The Kier molecular flexibility index (Phi) is 5.44. The van der Waals surface area contributed by atoms with Crippen LogP contribution in [0.5, 0.6) is 11.5 Å². The van der Waals surface area contributed by atoms with Crippen molar-refractivity contribution in [3.8, 4) is 29.0 Å². The second-order valence-electron chi connectivity index (χ2n) is 6.58. The van der Waals surface area contributed by atoms with Crippen molar-refractivity contribution in [2.75, 3.05) is 6.61 Å². The predicted octanol–water partition coefficient (Wildman–Crippen LogP) is 4.44. The number of nitrogens with zero attached hydrogens (tertiary/aromatic N) is 2. The maximum atomic E-state index is 12.4. The first-order valence-electron chi connectivity index (χ1n) is 9.56. The molecule has 0 aliphatic carbocycles. The fourth-order valence-electron chi connectivity index (χ4n) is 3.18. The fraction of sp³-hybridized carbons (Fsp3) is 0.125. The molecular weight excluding hydrogens is 378 g/mol. The van der Waals surface area contributed by atoms with E-state index in [1.54, 1.807) is 24.3 Å². The van der Waals surface area contributed by atoms with Crippen LogP contribution in [0.15, 0.2) is 71.5 Å². The van der Waals surface area contributed by atoms with Crippen LogP contribution in [-0.2, 0) is 6.61 Å². The van der Waals surface area contributed by atoms with Crippen LogP contribution in [0.2, 0.25) is 0 Å². The highest BCUT2D eigenvalue weighted by molar-refractivity contribution is 5.79. The number of para-hydroxylation sites is 1. The van der Waals surface area contributed by atoms with Gasteiger partial charge in [0.15, 0.2) is 11.5 Å². The second kappa shape index (κ2) is 8.50. The van der Waals surface area contributed by atoms with Gasteiger partial charge < -0.3 is 14.5 Å². The summed E-state index contributed by atoms with van der Waals surface area (Å²) in [6.07, 6.45) is 0. The molecule has 0 bridgehead atoms. The van der Waals surface area contributed by atoms with E-state index in [4.69, 9.17) is 9.47 Å². The zero-order valence-electron chi connectivity index (χ0n) is 16.4. The molecule has 0 aliphatic rings. The number of aromatic amines is 1. The number of nitriles is 1. The highest BCUT2D eigenvalue weighted by Crippen LogP contribution is 2.32. The zero-order chi connectivity index (χ0) is 20.9. The average Bonchev–Trinajstić information content (AvgIpc) is 2.78. The van der Waals surface area contributed by atoms with E-state index >= 15 is 0 Å². The number of benzene rings is 3. The molecule has 0 saturated heterocycles. The third kappa shape index (κ3) is 3.87. The topological polar surface area (TPSA) is 88.0 Å². The van der Waals surface area contributed by atoms with E-state index in [0.717, 1.165) is 5.56 Å². The largest absolute Gasteiger partial charge is 0.490 e. The summed E-state index contributed by atoms with van der Waals surface area (Å²) >= 11 is 0. The number of hydrogen-bond donors (Lipinski definition) is 1. The Hall–Kier alpha value is -4.11. The lowest BCUT2D eigenvalue weighted by Gasteiger charge is -2.14. The minimum atomic E-state index is -0.193. The maximum absolute atomic E-state index is 12.4. The Morgan fingerprint density at radius 1 is 1.00 bits per heavy atom. The smallest absolute Gasteiger partial charge is 0.259 e. The van der Waals surface area contributed by atoms with Crippen LogP contribution in [0.1, 0.15) is 18.1 Å². The average molecular weight is 397 g/mol. The second-order valence-corrected chi connectivity index (χ2v) is 6.58. The number of H-pyrrole nitrogens is 1. The molecule has 0 aliphatic heterocycles. The number of aromatic nitrogens is 2. The van der Waals surface area contributed by atoms with Gasteiger partial charge in [0, 0.05) is 11.1 Å². The number of hydrogen-bond acceptors (Lipinski definition) is 5. The molecule has 0 unspecified atom stereocenters. The molecule has 6 heteroatoms. The molecule has 0 atom stereocenters. The maximum Gasteiger partial charge on any atom is 0.259 e. The van der Waals surface area contributed by atoms with Crippen LogP contribution in [0, 0.1) is 11.3 Å². The Bertz CT molecular complexity index is 1310. The first-order chi connectivity index (χ1) is 14.7. The van der Waals surface area contributed by atoms with Gasteiger partial charge in [-0.2, -0.15) is 5.26 Å². The number of rotatable bonds is 6. The first kappa shape index (κ1) is 19.2. The molecule has 0 saturated carbocycles. The Morgan fingerprint density at radius 2 is 1.80 bits per heavy atom. The van der Waals surface area contributed by atoms with Crippen molar-refractivity contribution in [1.29, 1.82) is 5.26 Å². The number of nitrogens with one attached hydrogen (secondary N) is 1. The molecule has 0 fully saturated rings. The van der Waals surface area contributed by atoms with Crippen LogP contribution in [0.4, 0.5) is 0 Å². The molecule has 1 heterocycles. The minimum Gasteiger partial charge on any atom is -0.490 e. The van der Waals surface area contributed by atoms with Crippen molar-refractivity contribution >= 4 is 10.9 Å². The standard InChI is InChI=1S/C24H19N3O3/c1-2-29-22-13-16(23-26-20-10-6-5-9-19(20)24(28)27-23)11-12-21(22)30-15-18-8-4-3-7-17(18)14-25/h3-13H,2,15H2,1H3,(H,26,27,28). The van der Waals surface area contributed by atoms with Gasteiger partial charge >= 0.3 is 0 Å². The van der Waals surface area contributed by atoms with Gasteiger partial charge in [0.25, 0.3) is 5.56 Å². The Morgan fingerprint density at radius 3 is 2.63 bits per heavy atom. The van der Waals surface area contributed by atoms with Gasteiger partial charge in [0.05, 0.1) is 29.1 Å². The van der Waals surface area contributed by atoms with E-state index in [-0.39, 0.29) is 12.2 Å². The SMILES string of the molecule is CCOc1cc(-c2nc3ccccc3c(=O)[nH]2)ccc1OCc1ccccc1C#N. The van der Waals surface area contributed by atoms with Gasteiger partial charge in [0.2, 0.25) is 0 Å². The fourth-order valence-corrected chi connectivity index (χ4v) is 3.18.